The average Bonchev–Trinajstić information content (AvgIpc) is 2.47. The predicted molar refractivity (Wildman–Crippen MR) is 71.8 cm³/mol. The van der Waals surface area contributed by atoms with E-state index in [0.717, 1.165) is 5.56 Å². The Hall–Kier alpha value is -2.36. The molecule has 0 spiro atoms. The van der Waals surface area contributed by atoms with E-state index in [1.807, 2.05) is 12.1 Å². The number of aromatic nitrogens is 1. The van der Waals surface area contributed by atoms with Crippen molar-refractivity contribution in [2.45, 2.75) is 6.42 Å². The molecule has 0 N–H and O–H groups in total. The smallest absolute Gasteiger partial charge is 0.167 e. The highest BCUT2D eigenvalue weighted by atomic mass is 16.5. The van der Waals surface area contributed by atoms with Crippen molar-refractivity contribution in [2.24, 2.45) is 0 Å². The van der Waals surface area contributed by atoms with E-state index < -0.39 is 0 Å². The van der Waals surface area contributed by atoms with Crippen molar-refractivity contribution < 1.29 is 14.3 Å². The Balaban J connectivity index is 2.20. The monoisotopic (exact) mass is 257 g/mol. The van der Waals surface area contributed by atoms with Gasteiger partial charge in [-0.3, -0.25) is 9.78 Å². The van der Waals surface area contributed by atoms with Crippen molar-refractivity contribution in [1.82, 2.24) is 4.98 Å². The SMILES string of the molecule is COc1ccc(C(=O)Cc2ccncc2)cc1OC. The molecule has 4 heteroatoms. The van der Waals surface area contributed by atoms with Gasteiger partial charge in [-0.05, 0) is 35.9 Å². The minimum Gasteiger partial charge on any atom is -0.493 e. The molecular formula is C15H15NO3. The summed E-state index contributed by atoms with van der Waals surface area (Å²) in [6.45, 7) is 0. The number of benzene rings is 1. The number of pyridine rings is 1. The fourth-order valence-corrected chi connectivity index (χ4v) is 1.80. The number of hydrogen-bond acceptors (Lipinski definition) is 4. The first-order chi connectivity index (χ1) is 9.24. The molecule has 0 aliphatic rings. The van der Waals surface area contributed by atoms with Gasteiger partial charge in [-0.2, -0.15) is 0 Å². The quantitative estimate of drug-likeness (QED) is 0.772. The second-order valence-electron chi connectivity index (χ2n) is 4.03. The van der Waals surface area contributed by atoms with Gasteiger partial charge in [0.25, 0.3) is 0 Å². The summed E-state index contributed by atoms with van der Waals surface area (Å²) in [5, 5.41) is 0. The molecule has 2 rings (SSSR count). The molecule has 1 aromatic carbocycles. The molecule has 0 bridgehead atoms. The van der Waals surface area contributed by atoms with Gasteiger partial charge in [-0.1, -0.05) is 0 Å². The number of ether oxygens (including phenoxy) is 2. The second-order valence-corrected chi connectivity index (χ2v) is 4.03. The molecule has 4 nitrogen and oxygen atoms in total. The first kappa shape index (κ1) is 13.1. The van der Waals surface area contributed by atoms with Crippen LogP contribution in [0.25, 0.3) is 0 Å². The highest BCUT2D eigenvalue weighted by Gasteiger charge is 2.11. The van der Waals surface area contributed by atoms with Crippen LogP contribution in [-0.4, -0.2) is 25.0 Å². The Bertz CT molecular complexity index is 567. The lowest BCUT2D eigenvalue weighted by Gasteiger charge is -2.09. The fraction of sp³-hybridized carbons (Fsp3) is 0.200. The van der Waals surface area contributed by atoms with Gasteiger partial charge in [0.05, 0.1) is 14.2 Å². The van der Waals surface area contributed by atoms with Gasteiger partial charge < -0.3 is 9.47 Å². The summed E-state index contributed by atoms with van der Waals surface area (Å²) in [5.74, 6) is 1.21. The van der Waals surface area contributed by atoms with Crippen molar-refractivity contribution in [2.75, 3.05) is 14.2 Å². The van der Waals surface area contributed by atoms with E-state index in [1.165, 1.54) is 0 Å². The third kappa shape index (κ3) is 3.10. The van der Waals surface area contributed by atoms with E-state index >= 15 is 0 Å². The van der Waals surface area contributed by atoms with E-state index in [-0.39, 0.29) is 5.78 Å². The third-order valence-electron chi connectivity index (χ3n) is 2.82. The Morgan fingerprint density at radius 1 is 1.05 bits per heavy atom. The van der Waals surface area contributed by atoms with E-state index in [1.54, 1.807) is 44.8 Å². The Morgan fingerprint density at radius 2 is 1.74 bits per heavy atom. The highest BCUT2D eigenvalue weighted by Crippen LogP contribution is 2.28. The second kappa shape index (κ2) is 6.00. The molecular weight excluding hydrogens is 242 g/mol. The summed E-state index contributed by atoms with van der Waals surface area (Å²) < 4.78 is 10.3. The van der Waals surface area contributed by atoms with E-state index in [2.05, 4.69) is 4.98 Å². The highest BCUT2D eigenvalue weighted by molar-refractivity contribution is 5.98. The largest absolute Gasteiger partial charge is 0.493 e. The summed E-state index contributed by atoms with van der Waals surface area (Å²) in [5.41, 5.74) is 1.55. The van der Waals surface area contributed by atoms with Crippen molar-refractivity contribution in [3.63, 3.8) is 0 Å². The van der Waals surface area contributed by atoms with Gasteiger partial charge >= 0.3 is 0 Å². The van der Waals surface area contributed by atoms with Crippen LogP contribution in [0.2, 0.25) is 0 Å². The minimum absolute atomic E-state index is 0.0344. The standard InChI is InChI=1S/C15H15NO3/c1-18-14-4-3-12(10-15(14)19-2)13(17)9-11-5-7-16-8-6-11/h3-8,10H,9H2,1-2H3. The average molecular weight is 257 g/mol. The molecule has 19 heavy (non-hydrogen) atoms. The van der Waals surface area contributed by atoms with Crippen molar-refractivity contribution >= 4 is 5.78 Å². The molecule has 98 valence electrons. The van der Waals surface area contributed by atoms with Crippen LogP contribution in [0.5, 0.6) is 11.5 Å². The van der Waals surface area contributed by atoms with Crippen LogP contribution in [0.1, 0.15) is 15.9 Å². The molecule has 1 aromatic heterocycles. The fourth-order valence-electron chi connectivity index (χ4n) is 1.80. The van der Waals surface area contributed by atoms with Crippen LogP contribution in [-0.2, 0) is 6.42 Å². The maximum Gasteiger partial charge on any atom is 0.167 e. The number of Topliss-reactive ketones (excluding diaryl/α,β-unsaturated/α-hetero) is 1. The van der Waals surface area contributed by atoms with E-state index in [0.29, 0.717) is 23.5 Å². The van der Waals surface area contributed by atoms with E-state index in [9.17, 15) is 4.79 Å². The van der Waals surface area contributed by atoms with Crippen LogP contribution in [0, 0.1) is 0 Å². The van der Waals surface area contributed by atoms with Gasteiger partial charge in [-0.15, -0.1) is 0 Å². The lowest BCUT2D eigenvalue weighted by atomic mass is 10.0. The normalized spacial score (nSPS) is 10.0. The van der Waals surface area contributed by atoms with Gasteiger partial charge in [0, 0.05) is 24.4 Å². The lowest BCUT2D eigenvalue weighted by molar-refractivity contribution is 0.0992. The van der Waals surface area contributed by atoms with Crippen LogP contribution in [0.15, 0.2) is 42.7 Å². The molecule has 0 atom stereocenters. The molecule has 0 aliphatic heterocycles. The number of nitrogens with zero attached hydrogens (tertiary/aromatic N) is 1. The first-order valence-electron chi connectivity index (χ1n) is 5.88. The van der Waals surface area contributed by atoms with Gasteiger partial charge in [0.15, 0.2) is 17.3 Å². The Labute approximate surface area is 112 Å². The Morgan fingerprint density at radius 3 is 2.37 bits per heavy atom. The maximum atomic E-state index is 12.2. The molecule has 0 saturated heterocycles. The molecule has 0 unspecified atom stereocenters. The summed E-state index contributed by atoms with van der Waals surface area (Å²) in [6.07, 6.45) is 3.70. The molecule has 0 radical (unpaired) electrons. The van der Waals surface area contributed by atoms with Gasteiger partial charge in [0.2, 0.25) is 0 Å². The zero-order valence-electron chi connectivity index (χ0n) is 10.9. The molecule has 0 amide bonds. The number of ketones is 1. The number of carbonyl (C=O) groups excluding carboxylic acids is 1. The molecule has 1 heterocycles. The van der Waals surface area contributed by atoms with Gasteiger partial charge in [0.1, 0.15) is 0 Å². The number of methoxy groups -OCH3 is 2. The number of hydrogen-bond donors (Lipinski definition) is 0. The summed E-state index contributed by atoms with van der Waals surface area (Å²) >= 11 is 0. The zero-order valence-corrected chi connectivity index (χ0v) is 10.9. The van der Waals surface area contributed by atoms with Crippen LogP contribution in [0.4, 0.5) is 0 Å². The summed E-state index contributed by atoms with van der Waals surface area (Å²) in [7, 11) is 3.12. The summed E-state index contributed by atoms with van der Waals surface area (Å²) in [6, 6.07) is 8.84. The lowest BCUT2D eigenvalue weighted by Crippen LogP contribution is -2.04. The van der Waals surface area contributed by atoms with Crippen LogP contribution < -0.4 is 9.47 Å². The Kier molecular flexibility index (Phi) is 4.13. The van der Waals surface area contributed by atoms with Crippen LogP contribution >= 0.6 is 0 Å². The topological polar surface area (TPSA) is 48.4 Å². The third-order valence-corrected chi connectivity index (χ3v) is 2.82. The van der Waals surface area contributed by atoms with Crippen molar-refractivity contribution in [1.29, 1.82) is 0 Å². The number of rotatable bonds is 5. The zero-order chi connectivity index (χ0) is 13.7. The van der Waals surface area contributed by atoms with E-state index in [4.69, 9.17) is 9.47 Å². The minimum atomic E-state index is 0.0344. The van der Waals surface area contributed by atoms with Crippen LogP contribution in [0.3, 0.4) is 0 Å². The molecule has 0 fully saturated rings. The van der Waals surface area contributed by atoms with Crippen molar-refractivity contribution in [3.05, 3.63) is 53.9 Å². The molecule has 0 saturated carbocycles. The first-order valence-corrected chi connectivity index (χ1v) is 5.88. The van der Waals surface area contributed by atoms with Crippen molar-refractivity contribution in [3.8, 4) is 11.5 Å². The molecule has 0 aliphatic carbocycles. The molecule has 2 aromatic rings. The predicted octanol–water partition coefficient (Wildman–Crippen LogP) is 2.52. The number of carbonyl (C=O) groups is 1. The summed E-state index contributed by atoms with van der Waals surface area (Å²) in [4.78, 5) is 16.1. The maximum absolute atomic E-state index is 12.2. The van der Waals surface area contributed by atoms with Gasteiger partial charge in [-0.25, -0.2) is 0 Å².